The second kappa shape index (κ2) is 8.94. The van der Waals surface area contributed by atoms with Crippen LogP contribution < -0.4 is 15.5 Å². The fourth-order valence-corrected chi connectivity index (χ4v) is 8.79. The van der Waals surface area contributed by atoms with Gasteiger partial charge in [-0.05, 0) is 60.0 Å². The first-order chi connectivity index (χ1) is 17.1. The number of para-hydroxylation sites is 2. The molecule has 0 aromatic heterocycles. The van der Waals surface area contributed by atoms with Crippen molar-refractivity contribution in [1.29, 1.82) is 0 Å². The number of anilines is 3. The molecule has 4 aromatic carbocycles. The average molecular weight is 536 g/mol. The molecule has 1 nitrogen and oxygen atoms in total. The lowest BCUT2D eigenvalue weighted by molar-refractivity contribution is 0.632. The lowest BCUT2D eigenvalue weighted by Gasteiger charge is -2.42. The summed E-state index contributed by atoms with van der Waals surface area (Å²) in [7, 11) is -0.562. The van der Waals surface area contributed by atoms with E-state index in [1.54, 1.807) is 0 Å². The highest BCUT2D eigenvalue weighted by molar-refractivity contribution is 9.10. The van der Waals surface area contributed by atoms with Crippen molar-refractivity contribution in [2.75, 3.05) is 4.90 Å². The maximum Gasteiger partial charge on any atom is 0.0502 e. The molecular weight excluding hydrogens is 509 g/mol. The van der Waals surface area contributed by atoms with Crippen LogP contribution in [-0.2, 0) is 5.41 Å². The predicted octanol–water partition coefficient (Wildman–Crippen LogP) is 8.49. The normalized spacial score (nSPS) is 16.7. The van der Waals surface area contributed by atoms with Crippen molar-refractivity contribution in [2.45, 2.75) is 24.9 Å². The second-order valence-corrected chi connectivity index (χ2v) is 12.8. The van der Waals surface area contributed by atoms with Gasteiger partial charge in [-0.3, -0.25) is 0 Å². The van der Waals surface area contributed by atoms with Crippen molar-refractivity contribution in [1.82, 2.24) is 0 Å². The number of fused-ring (bicyclic) bond motifs is 2. The molecule has 35 heavy (non-hydrogen) atoms. The molecule has 0 saturated carbocycles. The van der Waals surface area contributed by atoms with Crippen molar-refractivity contribution in [3.05, 3.63) is 137 Å². The van der Waals surface area contributed by atoms with Crippen LogP contribution >= 0.6 is 23.9 Å². The number of halogens is 1. The Morgan fingerprint density at radius 3 is 1.83 bits per heavy atom. The SMILES string of the molecule is CC1(C)c2ccccc2N(c2ccc(P(c3ccccc3Br)C3C=CC=C3)cc2)c2ccccc21. The summed E-state index contributed by atoms with van der Waals surface area (Å²) in [6.45, 7) is 4.66. The van der Waals surface area contributed by atoms with Crippen LogP contribution in [0, 0.1) is 0 Å². The molecule has 0 bridgehead atoms. The van der Waals surface area contributed by atoms with Gasteiger partial charge in [0.05, 0.1) is 11.4 Å². The highest BCUT2D eigenvalue weighted by atomic mass is 79.9. The van der Waals surface area contributed by atoms with Crippen LogP contribution in [0.25, 0.3) is 0 Å². The molecule has 1 unspecified atom stereocenters. The summed E-state index contributed by atoms with van der Waals surface area (Å²) in [5, 5.41) is 2.77. The Kier molecular flexibility index (Phi) is 5.75. The van der Waals surface area contributed by atoms with E-state index in [2.05, 4.69) is 156 Å². The molecule has 0 radical (unpaired) electrons. The second-order valence-electron chi connectivity index (χ2n) is 9.59. The smallest absolute Gasteiger partial charge is 0.0502 e. The topological polar surface area (TPSA) is 3.24 Å². The zero-order valence-corrected chi connectivity index (χ0v) is 22.4. The monoisotopic (exact) mass is 535 g/mol. The van der Waals surface area contributed by atoms with Gasteiger partial charge in [0.25, 0.3) is 0 Å². The minimum Gasteiger partial charge on any atom is -0.310 e. The highest BCUT2D eigenvalue weighted by Crippen LogP contribution is 2.52. The summed E-state index contributed by atoms with van der Waals surface area (Å²) in [4.78, 5) is 2.43. The maximum atomic E-state index is 3.82. The van der Waals surface area contributed by atoms with Crippen LogP contribution in [0.4, 0.5) is 17.1 Å². The fraction of sp³-hybridized carbons (Fsp3) is 0.125. The van der Waals surface area contributed by atoms with Crippen molar-refractivity contribution in [2.24, 2.45) is 0 Å². The van der Waals surface area contributed by atoms with E-state index >= 15 is 0 Å². The van der Waals surface area contributed by atoms with Crippen LogP contribution in [-0.4, -0.2) is 5.66 Å². The average Bonchev–Trinajstić information content (AvgIpc) is 3.41. The van der Waals surface area contributed by atoms with Crippen molar-refractivity contribution in [3.63, 3.8) is 0 Å². The molecule has 0 N–H and O–H groups in total. The fourth-order valence-electron chi connectivity index (χ4n) is 5.42. The molecule has 0 amide bonds. The first kappa shape index (κ1) is 22.5. The Labute approximate surface area is 217 Å². The Balaban J connectivity index is 1.46. The number of hydrogen-bond donors (Lipinski definition) is 0. The summed E-state index contributed by atoms with van der Waals surface area (Å²) in [5.74, 6) is 0. The van der Waals surface area contributed by atoms with E-state index in [-0.39, 0.29) is 5.41 Å². The predicted molar refractivity (Wildman–Crippen MR) is 156 cm³/mol. The van der Waals surface area contributed by atoms with E-state index in [9.17, 15) is 0 Å². The molecule has 0 saturated heterocycles. The van der Waals surface area contributed by atoms with Crippen molar-refractivity contribution in [3.8, 4) is 0 Å². The third-order valence-electron chi connectivity index (χ3n) is 7.16. The summed E-state index contributed by atoms with van der Waals surface area (Å²) < 4.78 is 1.19. The summed E-state index contributed by atoms with van der Waals surface area (Å²) in [6, 6.07) is 35.6. The van der Waals surface area contributed by atoms with Crippen molar-refractivity contribution < 1.29 is 0 Å². The van der Waals surface area contributed by atoms with Crippen LogP contribution in [0.5, 0.6) is 0 Å². The molecular formula is C32H27BrNP. The lowest BCUT2D eigenvalue weighted by atomic mass is 9.73. The zero-order chi connectivity index (χ0) is 24.0. The minimum absolute atomic E-state index is 0.0430. The minimum atomic E-state index is -0.562. The number of nitrogens with zero attached hydrogens (tertiary/aromatic N) is 1. The van der Waals surface area contributed by atoms with E-state index in [0.717, 1.165) is 0 Å². The van der Waals surface area contributed by atoms with Gasteiger partial charge in [0.15, 0.2) is 0 Å². The molecule has 3 heteroatoms. The van der Waals surface area contributed by atoms with Gasteiger partial charge in [0.1, 0.15) is 0 Å². The van der Waals surface area contributed by atoms with E-state index in [0.29, 0.717) is 5.66 Å². The Hall–Kier alpha value is -2.93. The van der Waals surface area contributed by atoms with Crippen LogP contribution in [0.3, 0.4) is 0 Å². The molecule has 0 fully saturated rings. The molecule has 1 atom stereocenters. The Morgan fingerprint density at radius 1 is 0.686 bits per heavy atom. The van der Waals surface area contributed by atoms with Crippen LogP contribution in [0.1, 0.15) is 25.0 Å². The largest absolute Gasteiger partial charge is 0.310 e. The van der Waals surface area contributed by atoms with E-state index in [1.807, 2.05) is 0 Å². The van der Waals surface area contributed by atoms with Gasteiger partial charge >= 0.3 is 0 Å². The molecule has 1 aliphatic heterocycles. The molecule has 1 heterocycles. The van der Waals surface area contributed by atoms with Gasteiger partial charge in [-0.2, -0.15) is 0 Å². The lowest BCUT2D eigenvalue weighted by Crippen LogP contribution is -2.30. The van der Waals surface area contributed by atoms with Gasteiger partial charge in [-0.1, -0.05) is 121 Å². The van der Waals surface area contributed by atoms with E-state index in [1.165, 1.54) is 43.3 Å². The maximum absolute atomic E-state index is 3.82. The van der Waals surface area contributed by atoms with E-state index < -0.39 is 7.92 Å². The zero-order valence-electron chi connectivity index (χ0n) is 19.9. The highest BCUT2D eigenvalue weighted by Gasteiger charge is 2.36. The first-order valence-electron chi connectivity index (χ1n) is 12.0. The standard InChI is InChI=1S/C32H27BrNP/c1-32(2)26-13-5-8-16-29(26)34(30-17-9-6-14-27(30)32)23-19-21-25(22-20-23)35(24-11-3-4-12-24)31-18-10-7-15-28(31)33/h3-22,24H,1-2H3. The molecule has 4 aromatic rings. The third-order valence-corrected chi connectivity index (χ3v) is 10.9. The molecule has 172 valence electrons. The molecule has 1 aliphatic carbocycles. The first-order valence-corrected chi connectivity index (χ1v) is 14.2. The summed E-state index contributed by atoms with van der Waals surface area (Å²) >= 11 is 3.82. The van der Waals surface area contributed by atoms with Gasteiger partial charge in [0, 0.05) is 21.2 Å². The number of hydrogen-bond acceptors (Lipinski definition) is 1. The van der Waals surface area contributed by atoms with Crippen molar-refractivity contribution >= 4 is 51.5 Å². The van der Waals surface area contributed by atoms with E-state index in [4.69, 9.17) is 0 Å². The Morgan fingerprint density at radius 2 is 1.23 bits per heavy atom. The number of benzene rings is 4. The third kappa shape index (κ3) is 3.80. The molecule has 2 aliphatic rings. The summed E-state index contributed by atoms with van der Waals surface area (Å²) in [6.07, 6.45) is 9.01. The van der Waals surface area contributed by atoms with Gasteiger partial charge in [0.2, 0.25) is 0 Å². The van der Waals surface area contributed by atoms with Crippen LogP contribution in [0.15, 0.2) is 126 Å². The van der Waals surface area contributed by atoms with Gasteiger partial charge in [-0.15, -0.1) is 0 Å². The summed E-state index contributed by atoms with van der Waals surface area (Å²) in [5.41, 5.74) is 6.81. The van der Waals surface area contributed by atoms with Crippen LogP contribution in [0.2, 0.25) is 0 Å². The number of allylic oxidation sites excluding steroid dienone is 4. The van der Waals surface area contributed by atoms with Gasteiger partial charge in [-0.25, -0.2) is 0 Å². The van der Waals surface area contributed by atoms with Gasteiger partial charge < -0.3 is 4.90 Å². The molecule has 6 rings (SSSR count). The molecule has 0 spiro atoms. The quantitative estimate of drug-likeness (QED) is 0.237. The Bertz CT molecular complexity index is 1390. The number of rotatable bonds is 4.